The molecule has 5 heterocycles. The Balaban J connectivity index is 1.46. The van der Waals surface area contributed by atoms with Gasteiger partial charge in [-0.25, -0.2) is 4.98 Å². The van der Waals surface area contributed by atoms with Crippen LogP contribution in [0.25, 0.3) is 44.3 Å². The van der Waals surface area contributed by atoms with Crippen LogP contribution in [0.15, 0.2) is 55.0 Å². The minimum Gasteiger partial charge on any atom is -0.506 e. The lowest BCUT2D eigenvalue weighted by molar-refractivity contribution is 0.473. The van der Waals surface area contributed by atoms with Crippen LogP contribution < -0.4 is 4.90 Å². The predicted octanol–water partition coefficient (Wildman–Crippen LogP) is 4.86. The molecule has 1 fully saturated rings. The summed E-state index contributed by atoms with van der Waals surface area (Å²) in [4.78, 5) is 14.7. The van der Waals surface area contributed by atoms with Gasteiger partial charge in [-0.3, -0.25) is 10.1 Å². The molecule has 0 aliphatic carbocycles. The van der Waals surface area contributed by atoms with Crippen LogP contribution in [-0.4, -0.2) is 43.3 Å². The maximum absolute atomic E-state index is 9.80. The molecule has 5 aromatic rings. The number of rotatable bonds is 3. The van der Waals surface area contributed by atoms with E-state index in [-0.39, 0.29) is 5.75 Å². The number of nitrogens with one attached hydrogen (secondary N) is 2. The van der Waals surface area contributed by atoms with Gasteiger partial charge in [0.1, 0.15) is 17.3 Å². The SMILES string of the molecule is Oc1cncc(-c2ccc3[nH]nc(-c4cc5c(N6CCCCC6)nccc5[nH]4)c3c2)c1. The van der Waals surface area contributed by atoms with Crippen molar-refractivity contribution in [3.63, 3.8) is 0 Å². The zero-order valence-electron chi connectivity index (χ0n) is 17.0. The van der Waals surface area contributed by atoms with Crippen LogP contribution in [0.3, 0.4) is 0 Å². The quantitative estimate of drug-likeness (QED) is 0.395. The highest BCUT2D eigenvalue weighted by Crippen LogP contribution is 2.34. The van der Waals surface area contributed by atoms with Gasteiger partial charge in [-0.15, -0.1) is 0 Å². The molecule has 0 radical (unpaired) electrons. The van der Waals surface area contributed by atoms with E-state index in [9.17, 15) is 5.11 Å². The highest BCUT2D eigenvalue weighted by Gasteiger charge is 2.18. The van der Waals surface area contributed by atoms with Crippen LogP contribution in [0.1, 0.15) is 19.3 Å². The number of benzene rings is 1. The minimum absolute atomic E-state index is 0.151. The van der Waals surface area contributed by atoms with E-state index in [1.54, 1.807) is 12.3 Å². The number of hydrogen-bond acceptors (Lipinski definition) is 5. The van der Waals surface area contributed by atoms with E-state index in [4.69, 9.17) is 4.98 Å². The molecule has 154 valence electrons. The average Bonchev–Trinajstić information content (AvgIpc) is 3.43. The number of H-pyrrole nitrogens is 2. The van der Waals surface area contributed by atoms with Crippen molar-refractivity contribution in [3.05, 3.63) is 55.0 Å². The summed E-state index contributed by atoms with van der Waals surface area (Å²) in [5.74, 6) is 1.20. The molecule has 4 aromatic heterocycles. The molecule has 1 aromatic carbocycles. The summed E-state index contributed by atoms with van der Waals surface area (Å²) in [6, 6.07) is 12.0. The van der Waals surface area contributed by atoms with Gasteiger partial charge in [-0.05, 0) is 55.2 Å². The molecule has 3 N–H and O–H groups in total. The van der Waals surface area contributed by atoms with Gasteiger partial charge in [-0.2, -0.15) is 5.10 Å². The van der Waals surface area contributed by atoms with E-state index < -0.39 is 0 Å². The Labute approximate surface area is 178 Å². The summed E-state index contributed by atoms with van der Waals surface area (Å²) in [5.41, 5.74) is 5.69. The summed E-state index contributed by atoms with van der Waals surface area (Å²) in [6.45, 7) is 2.11. The molecule has 0 atom stereocenters. The van der Waals surface area contributed by atoms with Crippen LogP contribution in [-0.2, 0) is 0 Å². The molecule has 31 heavy (non-hydrogen) atoms. The third-order valence-corrected chi connectivity index (χ3v) is 6.06. The first-order chi connectivity index (χ1) is 15.3. The van der Waals surface area contributed by atoms with Crippen molar-refractivity contribution in [1.82, 2.24) is 25.1 Å². The average molecular weight is 410 g/mol. The second-order valence-electron chi connectivity index (χ2n) is 8.09. The fourth-order valence-corrected chi connectivity index (χ4v) is 4.51. The molecule has 0 unspecified atom stereocenters. The van der Waals surface area contributed by atoms with Crippen molar-refractivity contribution in [2.45, 2.75) is 19.3 Å². The molecule has 1 aliphatic rings. The molecule has 0 saturated carbocycles. The van der Waals surface area contributed by atoms with Gasteiger partial charge < -0.3 is 15.0 Å². The number of hydrogen-bond donors (Lipinski definition) is 3. The van der Waals surface area contributed by atoms with Crippen LogP contribution in [0.4, 0.5) is 5.82 Å². The number of fused-ring (bicyclic) bond motifs is 2. The Bertz CT molecular complexity index is 1400. The van der Waals surface area contributed by atoms with Gasteiger partial charge in [0.15, 0.2) is 0 Å². The third kappa shape index (κ3) is 3.09. The van der Waals surface area contributed by atoms with Crippen molar-refractivity contribution in [3.8, 4) is 28.3 Å². The molecule has 6 rings (SSSR count). The molecule has 1 aliphatic heterocycles. The van der Waals surface area contributed by atoms with Gasteiger partial charge in [0.2, 0.25) is 0 Å². The smallest absolute Gasteiger partial charge is 0.137 e. The van der Waals surface area contributed by atoms with Gasteiger partial charge in [-0.1, -0.05) is 6.07 Å². The topological polar surface area (TPSA) is 93.7 Å². The maximum Gasteiger partial charge on any atom is 0.137 e. The summed E-state index contributed by atoms with van der Waals surface area (Å²) < 4.78 is 0. The van der Waals surface area contributed by atoms with Crippen molar-refractivity contribution < 1.29 is 5.11 Å². The monoisotopic (exact) mass is 410 g/mol. The normalized spacial score (nSPS) is 14.5. The fourth-order valence-electron chi connectivity index (χ4n) is 4.51. The zero-order valence-corrected chi connectivity index (χ0v) is 17.0. The first kappa shape index (κ1) is 17.9. The summed E-state index contributed by atoms with van der Waals surface area (Å²) in [6.07, 6.45) is 8.78. The summed E-state index contributed by atoms with van der Waals surface area (Å²) in [7, 11) is 0. The van der Waals surface area contributed by atoms with Crippen molar-refractivity contribution in [2.24, 2.45) is 0 Å². The minimum atomic E-state index is 0.151. The lowest BCUT2D eigenvalue weighted by Crippen LogP contribution is -2.30. The number of anilines is 1. The molecule has 7 heteroatoms. The van der Waals surface area contributed by atoms with Gasteiger partial charge in [0, 0.05) is 41.8 Å². The van der Waals surface area contributed by atoms with Crippen molar-refractivity contribution >= 4 is 27.6 Å². The summed E-state index contributed by atoms with van der Waals surface area (Å²) >= 11 is 0. The Morgan fingerprint density at radius 2 is 1.77 bits per heavy atom. The maximum atomic E-state index is 9.80. The van der Waals surface area contributed by atoms with Crippen molar-refractivity contribution in [2.75, 3.05) is 18.0 Å². The number of aromatic amines is 2. The van der Waals surface area contributed by atoms with E-state index in [1.165, 1.54) is 25.5 Å². The van der Waals surface area contributed by atoms with E-state index in [0.29, 0.717) is 0 Å². The van der Waals surface area contributed by atoms with E-state index >= 15 is 0 Å². The largest absolute Gasteiger partial charge is 0.506 e. The number of pyridine rings is 2. The Kier molecular flexibility index (Phi) is 4.12. The molecule has 1 saturated heterocycles. The number of aromatic hydroxyl groups is 1. The second kappa shape index (κ2) is 7.12. The van der Waals surface area contributed by atoms with Crippen LogP contribution in [0.2, 0.25) is 0 Å². The standard InChI is InChI=1S/C24H22N6O/c31-17-10-16(13-25-14-17)15-4-5-21-18(11-15)23(29-28-21)22-12-19-20(27-22)6-7-26-24(19)30-8-2-1-3-9-30/h4-7,10-14,27,31H,1-3,8-9H2,(H,28,29). The molecular formula is C24H22N6O. The summed E-state index contributed by atoms with van der Waals surface area (Å²) in [5, 5.41) is 19.7. The fraction of sp³-hybridized carbons (Fsp3) is 0.208. The lowest BCUT2D eigenvalue weighted by Gasteiger charge is -2.28. The number of nitrogens with zero attached hydrogens (tertiary/aromatic N) is 4. The van der Waals surface area contributed by atoms with Gasteiger partial charge >= 0.3 is 0 Å². The number of aromatic nitrogens is 5. The molecule has 0 bridgehead atoms. The van der Waals surface area contributed by atoms with Crippen molar-refractivity contribution in [1.29, 1.82) is 0 Å². The molecule has 0 amide bonds. The Morgan fingerprint density at radius 1 is 0.871 bits per heavy atom. The van der Waals surface area contributed by atoms with Crippen LogP contribution >= 0.6 is 0 Å². The molecule has 0 spiro atoms. The van der Waals surface area contributed by atoms with Gasteiger partial charge in [0.25, 0.3) is 0 Å². The lowest BCUT2D eigenvalue weighted by atomic mass is 10.0. The molecule has 7 nitrogen and oxygen atoms in total. The third-order valence-electron chi connectivity index (χ3n) is 6.06. The highest BCUT2D eigenvalue weighted by atomic mass is 16.3. The number of piperidine rings is 1. The first-order valence-electron chi connectivity index (χ1n) is 10.6. The van der Waals surface area contributed by atoms with E-state index in [2.05, 4.69) is 37.2 Å². The second-order valence-corrected chi connectivity index (χ2v) is 8.09. The van der Waals surface area contributed by atoms with E-state index in [0.717, 1.165) is 63.2 Å². The van der Waals surface area contributed by atoms with Gasteiger partial charge in [0.05, 0.1) is 22.9 Å². The van der Waals surface area contributed by atoms with E-state index in [1.807, 2.05) is 24.4 Å². The van der Waals surface area contributed by atoms with Crippen LogP contribution in [0, 0.1) is 0 Å². The zero-order chi connectivity index (χ0) is 20.8. The highest BCUT2D eigenvalue weighted by molar-refractivity contribution is 6.00. The predicted molar refractivity (Wildman–Crippen MR) is 122 cm³/mol. The Hall–Kier alpha value is -3.87. The van der Waals surface area contributed by atoms with Crippen LogP contribution in [0.5, 0.6) is 5.75 Å². The Morgan fingerprint density at radius 3 is 2.65 bits per heavy atom. The first-order valence-corrected chi connectivity index (χ1v) is 10.6. The molecular weight excluding hydrogens is 388 g/mol.